The normalized spacial score (nSPS) is 11.5. The fourth-order valence-corrected chi connectivity index (χ4v) is 6.50. The summed E-state index contributed by atoms with van der Waals surface area (Å²) in [5.74, 6) is 0.184. The second-order valence-electron chi connectivity index (χ2n) is 12.4. The summed E-state index contributed by atoms with van der Waals surface area (Å²) in [6, 6.07) is 14.8. The number of nitrogens with one attached hydrogen (secondary N) is 2. The number of primary amides is 1. The minimum atomic E-state index is -0.538. The zero-order chi connectivity index (χ0) is 35.5. The van der Waals surface area contributed by atoms with Crippen LogP contribution in [0.15, 0.2) is 48.5 Å². The summed E-state index contributed by atoms with van der Waals surface area (Å²) >= 11 is 0. The summed E-state index contributed by atoms with van der Waals surface area (Å²) < 4.78 is 7.49. The van der Waals surface area contributed by atoms with E-state index in [1.807, 2.05) is 63.6 Å². The molecule has 0 aliphatic carbocycles. The number of fused-ring (bicyclic) bond motifs is 2. The number of unbranched alkanes of at least 4 members (excludes halogenated alkanes) is 1. The van der Waals surface area contributed by atoms with E-state index in [9.17, 15) is 14.4 Å². The SMILES string of the molecule is CCn1nc(C)cc1C(=O)Cc1nc2cc(C(N)=O)ccc2n1CCCCn1c(NC(=O)c2cc(C)nn2CC)nc2c(CNC)cccc21. The Balaban J connectivity index is 1.27. The number of hydrogen-bond acceptors (Lipinski definition) is 8. The van der Waals surface area contributed by atoms with Gasteiger partial charge in [-0.15, -0.1) is 0 Å². The van der Waals surface area contributed by atoms with E-state index in [0.717, 1.165) is 46.3 Å². The standard InChI is InChI=1S/C36H43N11O3/c1-6-46-29(17-22(3)42-46)31(48)20-32-39-26-19-24(34(37)49)13-14-27(26)44(32)15-8-9-16-45-28-12-10-11-25(21-38-5)33(28)40-36(45)41-35(50)30-18-23(4)43-47(30)7-2/h10-14,17-19,38H,6-9,15-16,20-21H2,1-5H3,(H2,37,49)(H,40,41,50). The van der Waals surface area contributed by atoms with Crippen molar-refractivity contribution in [2.75, 3.05) is 12.4 Å². The van der Waals surface area contributed by atoms with Gasteiger partial charge in [-0.25, -0.2) is 9.97 Å². The number of aryl methyl sites for hydroxylation is 6. The van der Waals surface area contributed by atoms with E-state index in [0.29, 0.717) is 67.0 Å². The Morgan fingerprint density at radius 2 is 1.50 bits per heavy atom. The summed E-state index contributed by atoms with van der Waals surface area (Å²) in [5.41, 5.74) is 12.7. The van der Waals surface area contributed by atoms with Crippen LogP contribution >= 0.6 is 0 Å². The zero-order valence-corrected chi connectivity index (χ0v) is 29.2. The fourth-order valence-electron chi connectivity index (χ4n) is 6.50. The van der Waals surface area contributed by atoms with Crippen LogP contribution in [0.3, 0.4) is 0 Å². The van der Waals surface area contributed by atoms with Gasteiger partial charge in [0.05, 0.1) is 39.9 Å². The van der Waals surface area contributed by atoms with Crippen LogP contribution in [-0.2, 0) is 39.1 Å². The van der Waals surface area contributed by atoms with Crippen LogP contribution in [0.1, 0.15) is 80.8 Å². The topological polar surface area (TPSA) is 173 Å². The highest BCUT2D eigenvalue weighted by Gasteiger charge is 2.21. The van der Waals surface area contributed by atoms with Crippen molar-refractivity contribution >= 4 is 45.6 Å². The van der Waals surface area contributed by atoms with Gasteiger partial charge in [-0.2, -0.15) is 10.2 Å². The molecule has 50 heavy (non-hydrogen) atoms. The molecule has 4 heterocycles. The van der Waals surface area contributed by atoms with Gasteiger partial charge in [-0.3, -0.25) is 29.1 Å². The quantitative estimate of drug-likeness (QED) is 0.106. The number of hydrogen-bond donors (Lipinski definition) is 3. The molecule has 14 heteroatoms. The molecule has 4 aromatic heterocycles. The molecule has 0 atom stereocenters. The first-order valence-corrected chi connectivity index (χ1v) is 17.0. The van der Waals surface area contributed by atoms with Crippen molar-refractivity contribution < 1.29 is 14.4 Å². The minimum absolute atomic E-state index is 0.0795. The molecule has 0 bridgehead atoms. The number of carbonyl (C=O) groups is 3. The molecular weight excluding hydrogens is 634 g/mol. The Morgan fingerprint density at radius 3 is 2.18 bits per heavy atom. The average molecular weight is 678 g/mol. The number of carbonyl (C=O) groups excluding carboxylic acids is 3. The zero-order valence-electron chi connectivity index (χ0n) is 29.2. The third-order valence-electron chi connectivity index (χ3n) is 8.82. The summed E-state index contributed by atoms with van der Waals surface area (Å²) in [6.07, 6.45) is 1.56. The molecule has 0 fully saturated rings. The lowest BCUT2D eigenvalue weighted by molar-refractivity contribution is 0.0975. The van der Waals surface area contributed by atoms with Gasteiger partial charge in [0.1, 0.15) is 17.2 Å². The van der Waals surface area contributed by atoms with Gasteiger partial charge in [0.2, 0.25) is 11.9 Å². The Kier molecular flexibility index (Phi) is 9.90. The molecule has 0 saturated carbocycles. The van der Waals surface area contributed by atoms with Crippen LogP contribution in [-0.4, -0.2) is 63.3 Å². The monoisotopic (exact) mass is 677 g/mol. The number of Topliss-reactive ketones (excluding diaryl/α,β-unsaturated/α-hetero) is 1. The van der Waals surface area contributed by atoms with Crippen LogP contribution in [0.4, 0.5) is 5.95 Å². The molecule has 0 radical (unpaired) electrons. The van der Waals surface area contributed by atoms with E-state index in [2.05, 4.69) is 25.4 Å². The van der Waals surface area contributed by atoms with E-state index in [1.54, 1.807) is 33.6 Å². The van der Waals surface area contributed by atoms with Crippen molar-refractivity contribution in [2.45, 2.75) is 79.7 Å². The first-order chi connectivity index (χ1) is 24.1. The van der Waals surface area contributed by atoms with E-state index in [4.69, 9.17) is 15.7 Å². The third-order valence-corrected chi connectivity index (χ3v) is 8.82. The molecule has 14 nitrogen and oxygen atoms in total. The van der Waals surface area contributed by atoms with Crippen molar-refractivity contribution in [3.8, 4) is 0 Å². The van der Waals surface area contributed by atoms with Gasteiger partial charge in [0.25, 0.3) is 5.91 Å². The maximum Gasteiger partial charge on any atom is 0.276 e. The summed E-state index contributed by atoms with van der Waals surface area (Å²) in [7, 11) is 1.89. The number of rotatable bonds is 15. The summed E-state index contributed by atoms with van der Waals surface area (Å²) in [5, 5.41) is 15.1. The Bertz CT molecular complexity index is 2220. The molecule has 0 aliphatic heterocycles. The van der Waals surface area contributed by atoms with Gasteiger partial charge in [0, 0.05) is 38.3 Å². The maximum atomic E-state index is 13.5. The highest BCUT2D eigenvalue weighted by Crippen LogP contribution is 2.26. The van der Waals surface area contributed by atoms with Gasteiger partial charge in [-0.1, -0.05) is 12.1 Å². The number of amides is 2. The lowest BCUT2D eigenvalue weighted by atomic mass is 10.1. The second-order valence-corrected chi connectivity index (χ2v) is 12.4. The molecule has 0 spiro atoms. The fraction of sp³-hybridized carbons (Fsp3) is 0.361. The van der Waals surface area contributed by atoms with Gasteiger partial charge in [-0.05, 0) is 89.5 Å². The number of imidazole rings is 2. The first-order valence-electron chi connectivity index (χ1n) is 17.0. The van der Waals surface area contributed by atoms with Crippen molar-refractivity contribution in [1.82, 2.24) is 44.0 Å². The van der Waals surface area contributed by atoms with Gasteiger partial charge in [0.15, 0.2) is 5.78 Å². The molecule has 2 aromatic carbocycles. The molecule has 0 saturated heterocycles. The van der Waals surface area contributed by atoms with Gasteiger partial charge >= 0.3 is 0 Å². The molecule has 6 rings (SSSR count). The van der Waals surface area contributed by atoms with Crippen LogP contribution in [0.2, 0.25) is 0 Å². The lowest BCUT2D eigenvalue weighted by Gasteiger charge is -2.13. The number of benzene rings is 2. The smallest absolute Gasteiger partial charge is 0.276 e. The first kappa shape index (κ1) is 34.2. The minimum Gasteiger partial charge on any atom is -0.366 e. The highest BCUT2D eigenvalue weighted by molar-refractivity contribution is 6.03. The summed E-state index contributed by atoms with van der Waals surface area (Å²) in [4.78, 5) is 48.6. The van der Waals surface area contributed by atoms with Crippen LogP contribution in [0.25, 0.3) is 22.1 Å². The number of nitrogens with two attached hydrogens (primary N) is 1. The molecule has 2 amide bonds. The van der Waals surface area contributed by atoms with Crippen molar-refractivity contribution in [1.29, 1.82) is 0 Å². The van der Waals surface area contributed by atoms with E-state index in [1.165, 1.54) is 0 Å². The number of para-hydroxylation sites is 1. The van der Waals surface area contributed by atoms with E-state index >= 15 is 0 Å². The molecule has 0 aliphatic rings. The molecular formula is C36H43N11O3. The van der Waals surface area contributed by atoms with Crippen molar-refractivity contribution in [3.63, 3.8) is 0 Å². The molecule has 260 valence electrons. The predicted octanol–water partition coefficient (Wildman–Crippen LogP) is 4.41. The van der Waals surface area contributed by atoms with Crippen LogP contribution < -0.4 is 16.4 Å². The Labute approximate surface area is 289 Å². The predicted molar refractivity (Wildman–Crippen MR) is 191 cm³/mol. The van der Waals surface area contributed by atoms with E-state index < -0.39 is 5.91 Å². The van der Waals surface area contributed by atoms with E-state index in [-0.39, 0.29) is 18.1 Å². The largest absolute Gasteiger partial charge is 0.366 e. The molecule has 4 N–H and O–H groups in total. The number of aromatic nitrogens is 8. The van der Waals surface area contributed by atoms with Crippen molar-refractivity contribution in [3.05, 3.63) is 88.3 Å². The Morgan fingerprint density at radius 1 is 0.820 bits per heavy atom. The van der Waals surface area contributed by atoms with Gasteiger partial charge < -0.3 is 20.2 Å². The second kappa shape index (κ2) is 14.5. The third kappa shape index (κ3) is 6.79. The molecule has 0 unspecified atom stereocenters. The summed E-state index contributed by atoms with van der Waals surface area (Å²) in [6.45, 7) is 10.6. The highest BCUT2D eigenvalue weighted by atomic mass is 16.2. The van der Waals surface area contributed by atoms with Crippen LogP contribution in [0, 0.1) is 13.8 Å². The molecule has 6 aromatic rings. The maximum absolute atomic E-state index is 13.5. The Hall–Kier alpha value is -5.63. The van der Waals surface area contributed by atoms with Crippen molar-refractivity contribution in [2.24, 2.45) is 5.73 Å². The number of anilines is 1. The van der Waals surface area contributed by atoms with Crippen LogP contribution in [0.5, 0.6) is 0 Å². The number of nitrogens with zero attached hydrogens (tertiary/aromatic N) is 8. The number of ketones is 1. The average Bonchev–Trinajstić information content (AvgIpc) is 3.85. The lowest BCUT2D eigenvalue weighted by Crippen LogP contribution is -2.20.